The number of anilines is 1. The van der Waals surface area contributed by atoms with Crippen LogP contribution < -0.4 is 5.32 Å². The fourth-order valence-corrected chi connectivity index (χ4v) is 1.68. The van der Waals surface area contributed by atoms with Crippen LogP contribution in [0.1, 0.15) is 40.0 Å². The molecule has 0 aliphatic carbocycles. The van der Waals surface area contributed by atoms with Crippen LogP contribution in [0.3, 0.4) is 0 Å². The first-order valence-electron chi connectivity index (χ1n) is 6.60. The van der Waals surface area contributed by atoms with E-state index in [-0.39, 0.29) is 17.6 Å². The van der Waals surface area contributed by atoms with Gasteiger partial charge in [0.05, 0.1) is 17.9 Å². The van der Waals surface area contributed by atoms with Crippen molar-refractivity contribution in [1.82, 2.24) is 4.98 Å². The van der Waals surface area contributed by atoms with Gasteiger partial charge in [-0.1, -0.05) is 6.92 Å². The first-order chi connectivity index (χ1) is 10.1. The molecule has 1 aromatic heterocycles. The van der Waals surface area contributed by atoms with Crippen LogP contribution in [0.15, 0.2) is 35.1 Å². The maximum atomic E-state index is 11.9. The van der Waals surface area contributed by atoms with E-state index in [0.29, 0.717) is 23.6 Å². The number of rotatable bonds is 5. The molecular formula is C15H16N2O4. The number of carbonyl (C=O) groups is 2. The Bertz CT molecular complexity index is 631. The van der Waals surface area contributed by atoms with Gasteiger partial charge in [0.1, 0.15) is 0 Å². The Balaban J connectivity index is 2.01. The molecule has 1 heterocycles. The molecule has 1 amide bonds. The Kier molecular flexibility index (Phi) is 4.71. The normalized spacial score (nSPS) is 10.2. The zero-order valence-electron chi connectivity index (χ0n) is 11.9. The van der Waals surface area contributed by atoms with Crippen molar-refractivity contribution in [3.05, 3.63) is 47.7 Å². The summed E-state index contributed by atoms with van der Waals surface area (Å²) in [5, 5.41) is 2.67. The summed E-state index contributed by atoms with van der Waals surface area (Å²) in [7, 11) is 0. The predicted octanol–water partition coefficient (Wildman–Crippen LogP) is 2.80. The van der Waals surface area contributed by atoms with Gasteiger partial charge in [-0.15, -0.1) is 0 Å². The van der Waals surface area contributed by atoms with Gasteiger partial charge < -0.3 is 14.5 Å². The number of nitrogens with one attached hydrogen (secondary N) is 1. The Morgan fingerprint density at radius 3 is 2.57 bits per heavy atom. The highest BCUT2D eigenvalue weighted by Gasteiger charge is 2.14. The molecule has 0 unspecified atom stereocenters. The van der Waals surface area contributed by atoms with Crippen molar-refractivity contribution in [2.45, 2.75) is 20.3 Å². The maximum Gasteiger partial charge on any atom is 0.338 e. The van der Waals surface area contributed by atoms with Gasteiger partial charge in [0.2, 0.25) is 5.76 Å². The second-order valence-corrected chi connectivity index (χ2v) is 4.43. The van der Waals surface area contributed by atoms with Crippen LogP contribution in [0.25, 0.3) is 0 Å². The number of esters is 1. The van der Waals surface area contributed by atoms with Crippen molar-refractivity contribution >= 4 is 17.6 Å². The summed E-state index contributed by atoms with van der Waals surface area (Å²) in [6, 6.07) is 6.46. The summed E-state index contributed by atoms with van der Waals surface area (Å²) in [6.45, 7) is 4.00. The van der Waals surface area contributed by atoms with Gasteiger partial charge in [-0.25, -0.2) is 9.78 Å². The van der Waals surface area contributed by atoms with E-state index in [2.05, 4.69) is 10.3 Å². The monoisotopic (exact) mass is 288 g/mol. The van der Waals surface area contributed by atoms with E-state index in [1.54, 1.807) is 31.2 Å². The van der Waals surface area contributed by atoms with E-state index in [1.165, 1.54) is 6.39 Å². The molecule has 0 aliphatic rings. The van der Waals surface area contributed by atoms with Crippen LogP contribution in [0.4, 0.5) is 5.69 Å². The minimum Gasteiger partial charge on any atom is -0.462 e. The highest BCUT2D eigenvalue weighted by Crippen LogP contribution is 2.13. The van der Waals surface area contributed by atoms with Gasteiger partial charge >= 0.3 is 5.97 Å². The molecule has 0 fully saturated rings. The minimum absolute atomic E-state index is 0.168. The molecule has 110 valence electrons. The smallest absolute Gasteiger partial charge is 0.338 e. The average molecular weight is 288 g/mol. The van der Waals surface area contributed by atoms with Crippen molar-refractivity contribution in [3.8, 4) is 0 Å². The molecule has 0 saturated carbocycles. The van der Waals surface area contributed by atoms with Gasteiger partial charge in [-0.3, -0.25) is 4.79 Å². The number of hydrogen-bond donors (Lipinski definition) is 1. The van der Waals surface area contributed by atoms with Gasteiger partial charge in [0.25, 0.3) is 5.91 Å². The summed E-state index contributed by atoms with van der Waals surface area (Å²) < 4.78 is 10.0. The highest BCUT2D eigenvalue weighted by atomic mass is 16.5. The van der Waals surface area contributed by atoms with Gasteiger partial charge in [-0.2, -0.15) is 0 Å². The average Bonchev–Trinajstić information content (AvgIpc) is 2.91. The molecule has 2 aromatic rings. The number of ether oxygens (including phenoxy) is 1. The molecule has 6 heteroatoms. The molecule has 2 rings (SSSR count). The van der Waals surface area contributed by atoms with E-state index in [0.717, 1.165) is 6.42 Å². The van der Waals surface area contributed by atoms with Gasteiger partial charge in [0, 0.05) is 5.69 Å². The second-order valence-electron chi connectivity index (χ2n) is 4.43. The van der Waals surface area contributed by atoms with E-state index >= 15 is 0 Å². The molecule has 0 spiro atoms. The van der Waals surface area contributed by atoms with Crippen molar-refractivity contribution < 1.29 is 18.7 Å². The lowest BCUT2D eigenvalue weighted by Crippen LogP contribution is -2.12. The van der Waals surface area contributed by atoms with E-state index in [1.807, 2.05) is 6.92 Å². The second kappa shape index (κ2) is 6.69. The number of oxazole rings is 1. The van der Waals surface area contributed by atoms with Crippen LogP contribution in [0.2, 0.25) is 0 Å². The van der Waals surface area contributed by atoms with Crippen LogP contribution in [0, 0.1) is 6.92 Å². The standard InChI is InChI=1S/C15H16N2O4/c1-3-8-20-15(19)11-4-6-12(7-5-11)17-14(18)13-10(2)16-9-21-13/h4-7,9H,3,8H2,1-2H3,(H,17,18). The lowest BCUT2D eigenvalue weighted by Gasteiger charge is -2.06. The third-order valence-corrected chi connectivity index (χ3v) is 2.77. The van der Waals surface area contributed by atoms with Crippen molar-refractivity contribution in [1.29, 1.82) is 0 Å². The third-order valence-electron chi connectivity index (χ3n) is 2.77. The Morgan fingerprint density at radius 2 is 2.00 bits per heavy atom. The summed E-state index contributed by atoms with van der Waals surface area (Å²) in [5.74, 6) is -0.589. The number of amides is 1. The first-order valence-corrected chi connectivity index (χ1v) is 6.60. The maximum absolute atomic E-state index is 11.9. The molecule has 1 N–H and O–H groups in total. The van der Waals surface area contributed by atoms with Crippen LogP contribution in [-0.4, -0.2) is 23.5 Å². The lowest BCUT2D eigenvalue weighted by molar-refractivity contribution is 0.0505. The minimum atomic E-state index is -0.383. The molecular weight excluding hydrogens is 272 g/mol. The summed E-state index contributed by atoms with van der Waals surface area (Å²) in [6.07, 6.45) is 1.99. The summed E-state index contributed by atoms with van der Waals surface area (Å²) in [5.41, 5.74) is 1.52. The fraction of sp³-hybridized carbons (Fsp3) is 0.267. The number of carbonyl (C=O) groups excluding carboxylic acids is 2. The molecule has 1 aromatic carbocycles. The van der Waals surface area contributed by atoms with E-state index in [4.69, 9.17) is 9.15 Å². The van der Waals surface area contributed by atoms with E-state index < -0.39 is 0 Å². The molecule has 0 saturated heterocycles. The molecule has 0 bridgehead atoms. The van der Waals surface area contributed by atoms with Crippen LogP contribution >= 0.6 is 0 Å². The van der Waals surface area contributed by atoms with Crippen molar-refractivity contribution in [3.63, 3.8) is 0 Å². The largest absolute Gasteiger partial charge is 0.462 e. The Morgan fingerprint density at radius 1 is 1.29 bits per heavy atom. The molecule has 0 aliphatic heterocycles. The van der Waals surface area contributed by atoms with Gasteiger partial charge in [-0.05, 0) is 37.6 Å². The number of aromatic nitrogens is 1. The van der Waals surface area contributed by atoms with E-state index in [9.17, 15) is 9.59 Å². The SMILES string of the molecule is CCCOC(=O)c1ccc(NC(=O)c2ocnc2C)cc1. The first kappa shape index (κ1) is 14.8. The molecule has 0 radical (unpaired) electrons. The molecule has 21 heavy (non-hydrogen) atoms. The number of aryl methyl sites for hydroxylation is 1. The third kappa shape index (κ3) is 3.68. The predicted molar refractivity (Wildman–Crippen MR) is 76.2 cm³/mol. The molecule has 6 nitrogen and oxygen atoms in total. The summed E-state index contributed by atoms with van der Waals surface area (Å²) >= 11 is 0. The topological polar surface area (TPSA) is 81.4 Å². The Hall–Kier alpha value is -2.63. The van der Waals surface area contributed by atoms with Crippen molar-refractivity contribution in [2.24, 2.45) is 0 Å². The zero-order chi connectivity index (χ0) is 15.2. The number of hydrogen-bond acceptors (Lipinski definition) is 5. The van der Waals surface area contributed by atoms with Gasteiger partial charge in [0.15, 0.2) is 6.39 Å². The number of benzene rings is 1. The zero-order valence-corrected chi connectivity index (χ0v) is 11.9. The van der Waals surface area contributed by atoms with Crippen LogP contribution in [0.5, 0.6) is 0 Å². The quantitative estimate of drug-likeness (QED) is 0.855. The highest BCUT2D eigenvalue weighted by molar-refractivity contribution is 6.03. The lowest BCUT2D eigenvalue weighted by atomic mass is 10.2. The fourth-order valence-electron chi connectivity index (χ4n) is 1.68. The summed E-state index contributed by atoms with van der Waals surface area (Å²) in [4.78, 5) is 27.4. The number of nitrogens with zero attached hydrogens (tertiary/aromatic N) is 1. The van der Waals surface area contributed by atoms with Crippen LogP contribution in [-0.2, 0) is 4.74 Å². The van der Waals surface area contributed by atoms with Crippen molar-refractivity contribution in [2.75, 3.05) is 11.9 Å². The Labute approximate surface area is 122 Å². The molecule has 0 atom stereocenters.